The van der Waals surface area contributed by atoms with Crippen molar-refractivity contribution in [3.05, 3.63) is 11.8 Å². The summed E-state index contributed by atoms with van der Waals surface area (Å²) in [4.78, 5) is 10.4. The number of ketones is 1. The van der Waals surface area contributed by atoms with E-state index < -0.39 is 42.3 Å². The zero-order valence-electron chi connectivity index (χ0n) is 7.74. The summed E-state index contributed by atoms with van der Waals surface area (Å²) in [6.07, 6.45) is -9.64. The fourth-order valence-electron chi connectivity index (χ4n) is 0.567. The molecular formula is C7H5F8NO. The van der Waals surface area contributed by atoms with Gasteiger partial charge in [-0.2, -0.15) is 17.6 Å². The minimum absolute atomic E-state index is 0.821. The maximum atomic E-state index is 12.4. The van der Waals surface area contributed by atoms with E-state index in [1.54, 1.807) is 0 Å². The summed E-state index contributed by atoms with van der Waals surface area (Å²) in [6.45, 7) is 0. The van der Waals surface area contributed by atoms with Crippen molar-refractivity contribution < 1.29 is 39.9 Å². The number of allylic oxidation sites excluding steroid dienone is 2. The van der Waals surface area contributed by atoms with Crippen LogP contribution < -0.4 is 5.73 Å². The van der Waals surface area contributed by atoms with E-state index in [2.05, 4.69) is 5.73 Å². The second-order valence-corrected chi connectivity index (χ2v) is 2.81. The van der Waals surface area contributed by atoms with Gasteiger partial charge in [0.05, 0.1) is 5.70 Å². The lowest BCUT2D eigenvalue weighted by Crippen LogP contribution is -2.39. The van der Waals surface area contributed by atoms with Crippen molar-refractivity contribution in [2.45, 2.75) is 24.7 Å². The number of carbonyl (C=O) groups is 1. The quantitative estimate of drug-likeness (QED) is 0.615. The van der Waals surface area contributed by atoms with Crippen molar-refractivity contribution in [1.29, 1.82) is 0 Å². The van der Waals surface area contributed by atoms with Crippen LogP contribution in [0.4, 0.5) is 35.1 Å². The molecule has 0 atom stereocenters. The molecule has 2 N–H and O–H groups in total. The molecule has 0 fully saturated rings. The number of nitrogens with two attached hydrogens (primary N) is 1. The van der Waals surface area contributed by atoms with Gasteiger partial charge in [-0.15, -0.1) is 0 Å². The molecule has 0 aromatic carbocycles. The van der Waals surface area contributed by atoms with Crippen molar-refractivity contribution in [3.8, 4) is 0 Å². The first kappa shape index (κ1) is 15.6. The molecule has 2 nitrogen and oxygen atoms in total. The van der Waals surface area contributed by atoms with Gasteiger partial charge >= 0.3 is 24.7 Å². The Hall–Kier alpha value is -1.35. The number of rotatable bonds is 5. The van der Waals surface area contributed by atoms with Crippen LogP contribution in [0.15, 0.2) is 11.8 Å². The fraction of sp³-hybridized carbons (Fsp3) is 0.571. The van der Waals surface area contributed by atoms with E-state index in [0.29, 0.717) is 0 Å². The van der Waals surface area contributed by atoms with E-state index in [0.717, 1.165) is 0 Å². The summed E-state index contributed by atoms with van der Waals surface area (Å²) >= 11 is 0. The zero-order chi connectivity index (χ0) is 14.0. The van der Waals surface area contributed by atoms with E-state index in [1.807, 2.05) is 0 Å². The smallest absolute Gasteiger partial charge is 0.368 e. The lowest BCUT2D eigenvalue weighted by Gasteiger charge is -2.16. The molecule has 0 saturated heterocycles. The second-order valence-electron chi connectivity index (χ2n) is 2.81. The second kappa shape index (κ2) is 4.88. The first-order chi connectivity index (χ1) is 7.44. The minimum atomic E-state index is -5.26. The monoisotopic (exact) mass is 271 g/mol. The molecule has 0 amide bonds. The number of alkyl halides is 8. The molecule has 0 heterocycles. The average molecular weight is 271 g/mol. The Kier molecular flexibility index (Phi) is 4.49. The van der Waals surface area contributed by atoms with E-state index in [-0.39, 0.29) is 0 Å². The van der Waals surface area contributed by atoms with Crippen LogP contribution in [0.5, 0.6) is 0 Å². The van der Waals surface area contributed by atoms with Crippen LogP contribution in [0.25, 0.3) is 0 Å². The van der Waals surface area contributed by atoms with Gasteiger partial charge in [-0.05, 0) is 0 Å². The SMILES string of the molecule is NC(=CC(=O)C(F)(F)C(F)F)C(F)(F)C(F)F. The molecule has 0 radical (unpaired) electrons. The van der Waals surface area contributed by atoms with Gasteiger partial charge in [0, 0.05) is 6.08 Å². The molecular weight excluding hydrogens is 266 g/mol. The predicted octanol–water partition coefficient (Wildman–Crippen LogP) is 2.20. The van der Waals surface area contributed by atoms with Gasteiger partial charge in [0.1, 0.15) is 0 Å². The Labute approximate surface area is 89.1 Å². The maximum absolute atomic E-state index is 12.4. The van der Waals surface area contributed by atoms with E-state index in [4.69, 9.17) is 0 Å². The Morgan fingerprint density at radius 2 is 1.29 bits per heavy atom. The fourth-order valence-corrected chi connectivity index (χ4v) is 0.567. The highest BCUT2D eigenvalue weighted by Gasteiger charge is 2.50. The summed E-state index contributed by atoms with van der Waals surface area (Å²) in [5.74, 6) is -13.1. The highest BCUT2D eigenvalue weighted by Crippen LogP contribution is 2.30. The minimum Gasteiger partial charge on any atom is -0.397 e. The third kappa shape index (κ3) is 3.30. The first-order valence-electron chi connectivity index (χ1n) is 3.78. The van der Waals surface area contributed by atoms with Gasteiger partial charge < -0.3 is 5.73 Å². The molecule has 0 saturated carbocycles. The van der Waals surface area contributed by atoms with Crippen molar-refractivity contribution in [1.82, 2.24) is 0 Å². The van der Waals surface area contributed by atoms with Gasteiger partial charge in [0.25, 0.3) is 0 Å². The highest BCUT2D eigenvalue weighted by atomic mass is 19.3. The van der Waals surface area contributed by atoms with Gasteiger partial charge in [-0.3, -0.25) is 4.79 Å². The molecule has 0 bridgehead atoms. The van der Waals surface area contributed by atoms with Crippen molar-refractivity contribution in [3.63, 3.8) is 0 Å². The van der Waals surface area contributed by atoms with Gasteiger partial charge in [-0.1, -0.05) is 0 Å². The van der Waals surface area contributed by atoms with Crippen molar-refractivity contribution >= 4 is 5.78 Å². The van der Waals surface area contributed by atoms with Crippen LogP contribution in [0.1, 0.15) is 0 Å². The molecule has 0 aromatic heterocycles. The predicted molar refractivity (Wildman–Crippen MR) is 39.2 cm³/mol. The summed E-state index contributed by atoms with van der Waals surface area (Å²) in [7, 11) is 0. The van der Waals surface area contributed by atoms with E-state index in [1.165, 1.54) is 0 Å². The van der Waals surface area contributed by atoms with Gasteiger partial charge in [0.15, 0.2) is 0 Å². The van der Waals surface area contributed by atoms with E-state index in [9.17, 15) is 39.9 Å². The Bertz CT molecular complexity index is 324. The summed E-state index contributed by atoms with van der Waals surface area (Å²) in [6, 6.07) is 0. The molecule has 0 aromatic rings. The molecule has 10 heteroatoms. The molecule has 0 unspecified atom stereocenters. The summed E-state index contributed by atoms with van der Waals surface area (Å²) < 4.78 is 95.7. The van der Waals surface area contributed by atoms with Gasteiger partial charge in [0.2, 0.25) is 5.78 Å². The van der Waals surface area contributed by atoms with E-state index >= 15 is 0 Å². The third-order valence-corrected chi connectivity index (χ3v) is 1.55. The normalized spacial score (nSPS) is 14.6. The zero-order valence-corrected chi connectivity index (χ0v) is 7.74. The van der Waals surface area contributed by atoms with Crippen LogP contribution >= 0.6 is 0 Å². The Morgan fingerprint density at radius 1 is 0.941 bits per heavy atom. The Morgan fingerprint density at radius 3 is 1.59 bits per heavy atom. The average Bonchev–Trinajstić information content (AvgIpc) is 2.16. The lowest BCUT2D eigenvalue weighted by molar-refractivity contribution is -0.162. The van der Waals surface area contributed by atoms with Crippen molar-refractivity contribution in [2.24, 2.45) is 5.73 Å². The largest absolute Gasteiger partial charge is 0.397 e. The number of hydrogen-bond acceptors (Lipinski definition) is 2. The Balaban J connectivity index is 5.13. The molecule has 0 aliphatic rings. The maximum Gasteiger partial charge on any atom is 0.368 e. The standard InChI is InChI=1S/C7H5F8NO/c8-4(9)6(12,13)2(16)1-3(17)7(14,15)5(10)11/h1,4-5H,16H2. The number of hydrogen-bond donors (Lipinski definition) is 1. The summed E-state index contributed by atoms with van der Waals surface area (Å²) in [5, 5.41) is 0. The molecule has 0 aliphatic carbocycles. The molecule has 0 spiro atoms. The van der Waals surface area contributed by atoms with Crippen LogP contribution in [0, 0.1) is 0 Å². The highest BCUT2D eigenvalue weighted by molar-refractivity contribution is 5.96. The number of halogens is 8. The van der Waals surface area contributed by atoms with Crippen LogP contribution in [0.3, 0.4) is 0 Å². The van der Waals surface area contributed by atoms with Crippen LogP contribution in [-0.2, 0) is 4.79 Å². The first-order valence-corrected chi connectivity index (χ1v) is 3.78. The van der Waals surface area contributed by atoms with Crippen LogP contribution in [0.2, 0.25) is 0 Å². The summed E-state index contributed by atoms with van der Waals surface area (Å²) in [5.41, 5.74) is 2.07. The van der Waals surface area contributed by atoms with Gasteiger partial charge in [-0.25, -0.2) is 17.6 Å². The molecule has 100 valence electrons. The molecule has 17 heavy (non-hydrogen) atoms. The molecule has 0 aliphatic heterocycles. The topological polar surface area (TPSA) is 43.1 Å². The lowest BCUT2D eigenvalue weighted by atomic mass is 10.1. The van der Waals surface area contributed by atoms with Crippen LogP contribution in [-0.4, -0.2) is 30.5 Å². The number of carbonyl (C=O) groups excluding carboxylic acids is 1. The third-order valence-electron chi connectivity index (χ3n) is 1.55. The van der Waals surface area contributed by atoms with Crippen molar-refractivity contribution in [2.75, 3.05) is 0 Å². The molecule has 0 rings (SSSR count).